The number of rotatable bonds is 1. The average Bonchev–Trinajstić information content (AvgIpc) is 2.97. The molecule has 2 bridgehead atoms. The van der Waals surface area contributed by atoms with Gasteiger partial charge in [0, 0.05) is 18.2 Å². The Kier molecular flexibility index (Phi) is 2.72. The van der Waals surface area contributed by atoms with Crippen molar-refractivity contribution in [2.75, 3.05) is 6.54 Å². The Morgan fingerprint density at radius 2 is 2.14 bits per heavy atom. The van der Waals surface area contributed by atoms with Crippen molar-refractivity contribution >= 4 is 16.9 Å². The molecule has 116 valence electrons. The van der Waals surface area contributed by atoms with Gasteiger partial charge in [-0.2, -0.15) is 0 Å². The van der Waals surface area contributed by atoms with Crippen LogP contribution in [0, 0.1) is 10.8 Å². The summed E-state index contributed by atoms with van der Waals surface area (Å²) < 4.78 is 0. The van der Waals surface area contributed by atoms with Gasteiger partial charge in [0.25, 0.3) is 5.91 Å². The van der Waals surface area contributed by atoms with Crippen LogP contribution in [0.15, 0.2) is 24.5 Å². The Bertz CT molecular complexity index is 748. The van der Waals surface area contributed by atoms with Crippen molar-refractivity contribution in [1.82, 2.24) is 14.9 Å². The molecule has 2 atom stereocenters. The van der Waals surface area contributed by atoms with E-state index < -0.39 is 0 Å². The zero-order valence-electron chi connectivity index (χ0n) is 13.5. The van der Waals surface area contributed by atoms with Gasteiger partial charge in [-0.15, -0.1) is 0 Å². The number of aromatic amines is 1. The number of carbonyl (C=O) groups is 1. The molecular weight excluding hydrogens is 274 g/mol. The fourth-order valence-electron chi connectivity index (χ4n) is 4.93. The van der Waals surface area contributed by atoms with Gasteiger partial charge in [-0.05, 0) is 48.3 Å². The van der Waals surface area contributed by atoms with Gasteiger partial charge in [0.05, 0.1) is 17.4 Å². The number of nitrogens with one attached hydrogen (secondary N) is 1. The van der Waals surface area contributed by atoms with Crippen molar-refractivity contribution in [3.63, 3.8) is 0 Å². The molecule has 1 saturated carbocycles. The van der Waals surface area contributed by atoms with Crippen LogP contribution in [0.1, 0.15) is 50.4 Å². The van der Waals surface area contributed by atoms with Gasteiger partial charge in [0.2, 0.25) is 0 Å². The molecule has 2 fully saturated rings. The second-order valence-corrected chi connectivity index (χ2v) is 8.28. The Morgan fingerprint density at radius 1 is 1.32 bits per heavy atom. The summed E-state index contributed by atoms with van der Waals surface area (Å²) in [6, 6.07) is 6.15. The number of nitrogens with zero attached hydrogens (tertiary/aromatic N) is 2. The zero-order valence-corrected chi connectivity index (χ0v) is 13.5. The maximum absolute atomic E-state index is 13.0. The van der Waals surface area contributed by atoms with Gasteiger partial charge < -0.3 is 9.88 Å². The minimum atomic E-state index is 0.169. The predicted molar refractivity (Wildman–Crippen MR) is 86.7 cm³/mol. The topological polar surface area (TPSA) is 49.0 Å². The van der Waals surface area contributed by atoms with Gasteiger partial charge in [0.15, 0.2) is 0 Å². The lowest BCUT2D eigenvalue weighted by atomic mass is 9.65. The van der Waals surface area contributed by atoms with Crippen LogP contribution in [0.5, 0.6) is 0 Å². The molecule has 1 N–H and O–H groups in total. The minimum absolute atomic E-state index is 0.169. The molecule has 2 aliphatic rings. The number of hydrogen-bond acceptors (Lipinski definition) is 2. The highest BCUT2D eigenvalue weighted by atomic mass is 16.2. The number of benzene rings is 1. The van der Waals surface area contributed by atoms with Crippen LogP contribution in [-0.4, -0.2) is 33.4 Å². The summed E-state index contributed by atoms with van der Waals surface area (Å²) >= 11 is 0. The molecule has 4 nitrogen and oxygen atoms in total. The van der Waals surface area contributed by atoms with E-state index in [9.17, 15) is 4.79 Å². The molecule has 22 heavy (non-hydrogen) atoms. The normalized spacial score (nSPS) is 30.0. The van der Waals surface area contributed by atoms with Gasteiger partial charge in [-0.3, -0.25) is 4.79 Å². The van der Waals surface area contributed by atoms with E-state index in [1.165, 1.54) is 6.42 Å². The van der Waals surface area contributed by atoms with Crippen LogP contribution in [0.2, 0.25) is 0 Å². The molecule has 1 saturated heterocycles. The summed E-state index contributed by atoms with van der Waals surface area (Å²) in [5.74, 6) is 0.169. The molecule has 1 aromatic heterocycles. The van der Waals surface area contributed by atoms with Gasteiger partial charge in [0.1, 0.15) is 0 Å². The summed E-state index contributed by atoms with van der Waals surface area (Å²) in [6.07, 6.45) is 5.14. The van der Waals surface area contributed by atoms with Gasteiger partial charge >= 0.3 is 0 Å². The first kappa shape index (κ1) is 13.8. The number of fused-ring (bicyclic) bond motifs is 3. The second-order valence-electron chi connectivity index (χ2n) is 8.28. The first-order chi connectivity index (χ1) is 10.4. The molecule has 4 rings (SSSR count). The smallest absolute Gasteiger partial charge is 0.254 e. The lowest BCUT2D eigenvalue weighted by Crippen LogP contribution is -2.37. The molecule has 0 radical (unpaired) electrons. The first-order valence-corrected chi connectivity index (χ1v) is 8.09. The maximum atomic E-state index is 13.0. The van der Waals surface area contributed by atoms with E-state index in [2.05, 4.69) is 35.6 Å². The number of hydrogen-bond donors (Lipinski definition) is 1. The molecule has 4 heteroatoms. The molecule has 1 aliphatic heterocycles. The standard InChI is InChI=1S/C18H23N3O/c1-17(2)7-13-8-18(3,9-17)10-21(13)16(22)12-4-5-14-15(6-12)20-11-19-14/h4-6,11,13H,7-10H2,1-3H3,(H,19,20). The summed E-state index contributed by atoms with van der Waals surface area (Å²) in [5.41, 5.74) is 3.22. The fourth-order valence-corrected chi connectivity index (χ4v) is 4.93. The SMILES string of the molecule is CC1(C)CC2CC(C)(CN2C(=O)c2ccc3nc[nH]c3c2)C1. The average molecular weight is 297 g/mol. The molecule has 2 unspecified atom stereocenters. The molecule has 1 amide bonds. The van der Waals surface area contributed by atoms with Crippen LogP contribution >= 0.6 is 0 Å². The fraction of sp³-hybridized carbons (Fsp3) is 0.556. The molecule has 2 aromatic rings. The van der Waals surface area contributed by atoms with E-state index in [0.29, 0.717) is 11.5 Å². The van der Waals surface area contributed by atoms with E-state index in [4.69, 9.17) is 0 Å². The van der Waals surface area contributed by atoms with Crippen molar-refractivity contribution in [2.24, 2.45) is 10.8 Å². The first-order valence-electron chi connectivity index (χ1n) is 8.09. The number of amides is 1. The van der Waals surface area contributed by atoms with Crippen molar-refractivity contribution in [1.29, 1.82) is 0 Å². The van der Waals surface area contributed by atoms with E-state index in [-0.39, 0.29) is 11.3 Å². The Balaban J connectivity index is 1.65. The number of likely N-dealkylation sites (tertiary alicyclic amines) is 1. The third-order valence-corrected chi connectivity index (χ3v) is 5.34. The van der Waals surface area contributed by atoms with E-state index >= 15 is 0 Å². The van der Waals surface area contributed by atoms with E-state index in [1.54, 1.807) is 6.33 Å². The summed E-state index contributed by atoms with van der Waals surface area (Å²) in [7, 11) is 0. The second kappa shape index (κ2) is 4.34. The highest BCUT2D eigenvalue weighted by Crippen LogP contribution is 2.52. The van der Waals surface area contributed by atoms with Crippen LogP contribution in [-0.2, 0) is 0 Å². The summed E-state index contributed by atoms with van der Waals surface area (Å²) in [4.78, 5) is 22.4. The third-order valence-electron chi connectivity index (χ3n) is 5.34. The predicted octanol–water partition coefficient (Wildman–Crippen LogP) is 3.60. The Labute approximate surface area is 130 Å². The van der Waals surface area contributed by atoms with Gasteiger partial charge in [-0.25, -0.2) is 4.98 Å². The maximum Gasteiger partial charge on any atom is 0.254 e. The lowest BCUT2D eigenvalue weighted by Gasteiger charge is -2.39. The van der Waals surface area contributed by atoms with Crippen molar-refractivity contribution in [2.45, 2.75) is 46.1 Å². The Hall–Kier alpha value is -1.84. The number of imidazole rings is 1. The molecule has 1 aromatic carbocycles. The van der Waals surface area contributed by atoms with Crippen molar-refractivity contribution in [3.8, 4) is 0 Å². The highest BCUT2D eigenvalue weighted by molar-refractivity contribution is 5.97. The van der Waals surface area contributed by atoms with Gasteiger partial charge in [-0.1, -0.05) is 20.8 Å². The van der Waals surface area contributed by atoms with Crippen LogP contribution in [0.3, 0.4) is 0 Å². The Morgan fingerprint density at radius 3 is 2.95 bits per heavy atom. The number of carbonyl (C=O) groups excluding carboxylic acids is 1. The van der Waals surface area contributed by atoms with Crippen molar-refractivity contribution in [3.05, 3.63) is 30.1 Å². The monoisotopic (exact) mass is 297 g/mol. The van der Waals surface area contributed by atoms with Crippen LogP contribution in [0.4, 0.5) is 0 Å². The minimum Gasteiger partial charge on any atom is -0.345 e. The molecule has 0 spiro atoms. The number of H-pyrrole nitrogens is 1. The largest absolute Gasteiger partial charge is 0.345 e. The van der Waals surface area contributed by atoms with Crippen molar-refractivity contribution < 1.29 is 4.79 Å². The third kappa shape index (κ3) is 2.13. The molecule has 1 aliphatic carbocycles. The van der Waals surface area contributed by atoms with E-state index in [0.717, 1.165) is 36.0 Å². The molecular formula is C18H23N3O. The number of aromatic nitrogens is 2. The van der Waals surface area contributed by atoms with Crippen LogP contribution in [0.25, 0.3) is 11.0 Å². The zero-order chi connectivity index (χ0) is 15.5. The highest BCUT2D eigenvalue weighted by Gasteiger charge is 2.50. The van der Waals surface area contributed by atoms with E-state index in [1.807, 2.05) is 18.2 Å². The quantitative estimate of drug-likeness (QED) is 0.874. The molecule has 2 heterocycles. The summed E-state index contributed by atoms with van der Waals surface area (Å²) in [6.45, 7) is 7.90. The summed E-state index contributed by atoms with van der Waals surface area (Å²) in [5, 5.41) is 0. The lowest BCUT2D eigenvalue weighted by molar-refractivity contribution is 0.0708. The van der Waals surface area contributed by atoms with Crippen LogP contribution < -0.4 is 0 Å².